The molecule has 1 aromatic carbocycles. The van der Waals surface area contributed by atoms with Crippen molar-refractivity contribution in [2.45, 2.75) is 51.1 Å². The second kappa shape index (κ2) is 8.40. The molecule has 1 heterocycles. The normalized spacial score (nSPS) is 25.7. The number of nitrogens with one attached hydrogen (secondary N) is 1. The standard InChI is InChI=1S/C20H27ClN2O3/c1-26-13-12-23-17-4-2-3-10-20(17,11-9-18(23)24)19(25)22-14-15-5-7-16(21)8-6-15/h5-8,17H,2-4,9-14H2,1H3,(H,22,25)/t17-,20-/m1/s1. The fraction of sp³-hybridized carbons (Fsp3) is 0.600. The Kier molecular flexibility index (Phi) is 6.20. The molecular weight excluding hydrogens is 352 g/mol. The number of ether oxygens (including phenoxy) is 1. The Labute approximate surface area is 160 Å². The molecule has 0 spiro atoms. The minimum Gasteiger partial charge on any atom is -0.383 e. The highest BCUT2D eigenvalue weighted by Gasteiger charge is 2.52. The zero-order valence-corrected chi connectivity index (χ0v) is 16.1. The Morgan fingerprint density at radius 2 is 2.08 bits per heavy atom. The predicted molar refractivity (Wildman–Crippen MR) is 101 cm³/mol. The first kappa shape index (κ1) is 19.2. The summed E-state index contributed by atoms with van der Waals surface area (Å²) >= 11 is 5.92. The molecule has 0 aromatic heterocycles. The van der Waals surface area contributed by atoms with E-state index >= 15 is 0 Å². The van der Waals surface area contributed by atoms with E-state index in [1.54, 1.807) is 7.11 Å². The first-order valence-electron chi connectivity index (χ1n) is 9.38. The fourth-order valence-electron chi connectivity index (χ4n) is 4.42. The molecular formula is C20H27ClN2O3. The zero-order chi connectivity index (χ0) is 18.6. The van der Waals surface area contributed by atoms with Crippen LogP contribution in [0.2, 0.25) is 5.02 Å². The van der Waals surface area contributed by atoms with Crippen molar-refractivity contribution in [3.05, 3.63) is 34.9 Å². The maximum absolute atomic E-state index is 13.2. The van der Waals surface area contributed by atoms with Gasteiger partial charge in [-0.2, -0.15) is 0 Å². The van der Waals surface area contributed by atoms with Gasteiger partial charge in [-0.1, -0.05) is 36.6 Å². The monoisotopic (exact) mass is 378 g/mol. The van der Waals surface area contributed by atoms with Gasteiger partial charge in [-0.05, 0) is 37.0 Å². The third kappa shape index (κ3) is 3.89. The van der Waals surface area contributed by atoms with E-state index < -0.39 is 5.41 Å². The van der Waals surface area contributed by atoms with Crippen LogP contribution in [-0.4, -0.2) is 43.0 Å². The predicted octanol–water partition coefficient (Wildman–Crippen LogP) is 3.15. The van der Waals surface area contributed by atoms with E-state index in [0.717, 1.165) is 31.2 Å². The van der Waals surface area contributed by atoms with Gasteiger partial charge < -0.3 is 15.0 Å². The van der Waals surface area contributed by atoms with E-state index in [1.807, 2.05) is 29.2 Å². The van der Waals surface area contributed by atoms with E-state index in [1.165, 1.54) is 0 Å². The van der Waals surface area contributed by atoms with Crippen LogP contribution in [0.1, 0.15) is 44.1 Å². The first-order chi connectivity index (χ1) is 12.6. The van der Waals surface area contributed by atoms with E-state index in [2.05, 4.69) is 5.32 Å². The van der Waals surface area contributed by atoms with Gasteiger partial charge in [0.2, 0.25) is 11.8 Å². The van der Waals surface area contributed by atoms with Crippen molar-refractivity contribution in [2.24, 2.45) is 5.41 Å². The fourth-order valence-corrected chi connectivity index (χ4v) is 4.55. The van der Waals surface area contributed by atoms with E-state index in [9.17, 15) is 9.59 Å². The number of hydrogen-bond acceptors (Lipinski definition) is 3. The van der Waals surface area contributed by atoms with Crippen molar-refractivity contribution >= 4 is 23.4 Å². The van der Waals surface area contributed by atoms with Crippen LogP contribution in [0.4, 0.5) is 0 Å². The SMILES string of the molecule is COCCN1C(=O)CC[C@]2(C(=O)NCc3ccc(Cl)cc3)CCCC[C@@H]12. The lowest BCUT2D eigenvalue weighted by molar-refractivity contribution is -0.156. The molecule has 5 nitrogen and oxygen atoms in total. The molecule has 2 atom stereocenters. The molecule has 1 aliphatic carbocycles. The van der Waals surface area contributed by atoms with Gasteiger partial charge in [-0.15, -0.1) is 0 Å². The smallest absolute Gasteiger partial charge is 0.228 e. The number of fused-ring (bicyclic) bond motifs is 1. The number of benzene rings is 1. The topological polar surface area (TPSA) is 58.6 Å². The lowest BCUT2D eigenvalue weighted by Gasteiger charge is -2.51. The van der Waals surface area contributed by atoms with E-state index in [-0.39, 0.29) is 17.9 Å². The van der Waals surface area contributed by atoms with Gasteiger partial charge >= 0.3 is 0 Å². The number of hydrogen-bond donors (Lipinski definition) is 1. The zero-order valence-electron chi connectivity index (χ0n) is 15.3. The first-order valence-corrected chi connectivity index (χ1v) is 9.76. The summed E-state index contributed by atoms with van der Waals surface area (Å²) in [6.45, 7) is 1.55. The van der Waals surface area contributed by atoms with Crippen LogP contribution in [0.3, 0.4) is 0 Å². The average molecular weight is 379 g/mol. The summed E-state index contributed by atoms with van der Waals surface area (Å²) in [5.41, 5.74) is 0.557. The number of halogens is 1. The van der Waals surface area contributed by atoms with Crippen LogP contribution in [0.25, 0.3) is 0 Å². The quantitative estimate of drug-likeness (QED) is 0.827. The average Bonchev–Trinajstić information content (AvgIpc) is 2.66. The number of amides is 2. The van der Waals surface area contributed by atoms with Crippen LogP contribution >= 0.6 is 11.6 Å². The third-order valence-corrected chi connectivity index (χ3v) is 6.08. The number of piperidine rings is 1. The minimum absolute atomic E-state index is 0.0159. The highest BCUT2D eigenvalue weighted by Crippen LogP contribution is 2.46. The Hall–Kier alpha value is -1.59. The number of rotatable bonds is 6. The number of carbonyl (C=O) groups excluding carboxylic acids is 2. The molecule has 6 heteroatoms. The Morgan fingerprint density at radius 1 is 1.31 bits per heavy atom. The van der Waals surface area contributed by atoms with Crippen molar-refractivity contribution in [3.63, 3.8) is 0 Å². The molecule has 1 N–H and O–H groups in total. The van der Waals surface area contributed by atoms with Crippen molar-refractivity contribution < 1.29 is 14.3 Å². The molecule has 1 saturated carbocycles. The molecule has 1 aromatic rings. The molecule has 1 saturated heterocycles. The summed E-state index contributed by atoms with van der Waals surface area (Å²) in [5, 5.41) is 3.80. The summed E-state index contributed by atoms with van der Waals surface area (Å²) in [6.07, 6.45) is 4.93. The van der Waals surface area contributed by atoms with Crippen molar-refractivity contribution in [2.75, 3.05) is 20.3 Å². The highest BCUT2D eigenvalue weighted by atomic mass is 35.5. The summed E-state index contributed by atoms with van der Waals surface area (Å²) < 4.78 is 5.18. The molecule has 26 heavy (non-hydrogen) atoms. The number of nitrogens with zero attached hydrogens (tertiary/aromatic N) is 1. The van der Waals surface area contributed by atoms with Crippen LogP contribution in [0.5, 0.6) is 0 Å². The molecule has 1 aliphatic heterocycles. The minimum atomic E-state index is -0.466. The number of carbonyl (C=O) groups is 2. The van der Waals surface area contributed by atoms with Crippen LogP contribution in [-0.2, 0) is 20.9 Å². The highest BCUT2D eigenvalue weighted by molar-refractivity contribution is 6.30. The maximum atomic E-state index is 13.2. The van der Waals surface area contributed by atoms with Gasteiger partial charge in [-0.3, -0.25) is 9.59 Å². The van der Waals surface area contributed by atoms with Gasteiger partial charge in [0.25, 0.3) is 0 Å². The molecule has 0 radical (unpaired) electrons. The summed E-state index contributed by atoms with van der Waals surface area (Å²) in [4.78, 5) is 27.6. The summed E-state index contributed by atoms with van der Waals surface area (Å²) in [6, 6.07) is 7.49. The molecule has 2 aliphatic rings. The lowest BCUT2D eigenvalue weighted by atomic mass is 9.64. The number of likely N-dealkylation sites (tertiary alicyclic amines) is 1. The molecule has 2 amide bonds. The van der Waals surface area contributed by atoms with Crippen LogP contribution in [0, 0.1) is 5.41 Å². The van der Waals surface area contributed by atoms with Crippen molar-refractivity contribution in [3.8, 4) is 0 Å². The van der Waals surface area contributed by atoms with Gasteiger partial charge in [0.1, 0.15) is 0 Å². The molecule has 2 fully saturated rings. The maximum Gasteiger partial charge on any atom is 0.228 e. The number of methoxy groups -OCH3 is 1. The summed E-state index contributed by atoms with van der Waals surface area (Å²) in [7, 11) is 1.64. The second-order valence-corrected chi connectivity index (χ2v) is 7.74. The van der Waals surface area contributed by atoms with Crippen molar-refractivity contribution in [1.82, 2.24) is 10.2 Å². The van der Waals surface area contributed by atoms with E-state index in [0.29, 0.717) is 37.6 Å². The van der Waals surface area contributed by atoms with Gasteiger partial charge in [0, 0.05) is 37.7 Å². The third-order valence-electron chi connectivity index (χ3n) is 5.82. The van der Waals surface area contributed by atoms with E-state index in [4.69, 9.17) is 16.3 Å². The van der Waals surface area contributed by atoms with Crippen LogP contribution in [0.15, 0.2) is 24.3 Å². The van der Waals surface area contributed by atoms with Crippen LogP contribution < -0.4 is 5.32 Å². The Bertz CT molecular complexity index is 649. The Morgan fingerprint density at radius 3 is 2.81 bits per heavy atom. The lowest BCUT2D eigenvalue weighted by Crippen LogP contribution is -2.62. The van der Waals surface area contributed by atoms with Gasteiger partial charge in [0.15, 0.2) is 0 Å². The van der Waals surface area contributed by atoms with Gasteiger partial charge in [0.05, 0.1) is 12.0 Å². The summed E-state index contributed by atoms with van der Waals surface area (Å²) in [5.74, 6) is 0.224. The largest absolute Gasteiger partial charge is 0.383 e. The van der Waals surface area contributed by atoms with Crippen molar-refractivity contribution in [1.29, 1.82) is 0 Å². The van der Waals surface area contributed by atoms with Gasteiger partial charge in [-0.25, -0.2) is 0 Å². The molecule has 3 rings (SSSR count). The molecule has 0 bridgehead atoms. The molecule has 0 unspecified atom stereocenters. The second-order valence-electron chi connectivity index (χ2n) is 7.31. The Balaban J connectivity index is 1.74. The molecule has 142 valence electrons.